The van der Waals surface area contributed by atoms with Crippen LogP contribution in [0.5, 0.6) is 0 Å². The molecule has 7 nitrogen and oxygen atoms in total. The lowest BCUT2D eigenvalue weighted by atomic mass is 10.2. The minimum absolute atomic E-state index is 0.187. The first-order valence-electron chi connectivity index (χ1n) is 5.74. The second kappa shape index (κ2) is 5.74. The predicted molar refractivity (Wildman–Crippen MR) is 74.3 cm³/mol. The number of rotatable bonds is 4. The van der Waals surface area contributed by atoms with Crippen molar-refractivity contribution in [3.05, 3.63) is 63.2 Å². The molecular weight excluding hydrogens is 334 g/mol. The number of non-ortho nitro benzene ring substituents is 1. The first kappa shape index (κ1) is 15.9. The molecule has 0 amide bonds. The number of sulfone groups is 1. The molecule has 0 atom stereocenters. The van der Waals surface area contributed by atoms with E-state index in [2.05, 4.69) is 0 Å². The van der Waals surface area contributed by atoms with Crippen molar-refractivity contribution in [2.45, 2.75) is 9.79 Å². The molecule has 9 heteroatoms. The summed E-state index contributed by atoms with van der Waals surface area (Å²) < 4.78 is 24.9. The van der Waals surface area contributed by atoms with Gasteiger partial charge >= 0.3 is 0 Å². The monoisotopic (exact) mass is 340 g/mol. The van der Waals surface area contributed by atoms with E-state index in [0.717, 1.165) is 12.1 Å². The van der Waals surface area contributed by atoms with Gasteiger partial charge in [0.1, 0.15) is 0 Å². The molecule has 0 bridgehead atoms. The van der Waals surface area contributed by atoms with Crippen molar-refractivity contribution < 1.29 is 23.2 Å². The summed E-state index contributed by atoms with van der Waals surface area (Å²) in [5.41, 5.74) is -1.32. The molecule has 0 heterocycles. The lowest BCUT2D eigenvalue weighted by Gasteiger charge is -2.11. The zero-order valence-electron chi connectivity index (χ0n) is 10.7. The summed E-state index contributed by atoms with van der Waals surface area (Å²) in [4.78, 5) is 20.2. The van der Waals surface area contributed by atoms with Gasteiger partial charge in [0, 0.05) is 22.7 Å². The van der Waals surface area contributed by atoms with Gasteiger partial charge in [0.05, 0.1) is 20.7 Å². The summed E-state index contributed by atoms with van der Waals surface area (Å²) in [7, 11) is -4.18. The van der Waals surface area contributed by atoms with E-state index in [1.54, 1.807) is 0 Å². The van der Waals surface area contributed by atoms with Crippen molar-refractivity contribution in [2.75, 3.05) is 0 Å². The molecule has 0 radical (unpaired) electrons. The molecule has 114 valence electrons. The third-order valence-corrected chi connectivity index (χ3v) is 4.89. The topological polar surface area (TPSA) is 117 Å². The molecule has 0 aliphatic rings. The minimum Gasteiger partial charge on any atom is -0.545 e. The number of carboxylic acids is 1. The molecule has 0 N–H and O–H groups in total. The molecule has 22 heavy (non-hydrogen) atoms. The maximum atomic E-state index is 12.4. The van der Waals surface area contributed by atoms with Crippen molar-refractivity contribution in [3.8, 4) is 0 Å². The Kier molecular flexibility index (Phi) is 4.16. The van der Waals surface area contributed by atoms with Gasteiger partial charge in [-0.25, -0.2) is 8.42 Å². The van der Waals surface area contributed by atoms with Gasteiger partial charge in [-0.1, -0.05) is 11.6 Å². The predicted octanol–water partition coefficient (Wildman–Crippen LogP) is 1.44. The van der Waals surface area contributed by atoms with Crippen LogP contribution in [0.25, 0.3) is 0 Å². The highest BCUT2D eigenvalue weighted by Crippen LogP contribution is 2.27. The average molecular weight is 341 g/mol. The number of nitro groups is 1. The number of carbonyl (C=O) groups excluding carboxylic acids is 1. The molecule has 0 fully saturated rings. The Bertz CT molecular complexity index is 861. The molecule has 0 spiro atoms. The van der Waals surface area contributed by atoms with E-state index < -0.39 is 36.9 Å². The second-order valence-corrected chi connectivity index (χ2v) is 6.54. The molecule has 0 aliphatic heterocycles. The normalized spacial score (nSPS) is 11.1. The summed E-state index contributed by atoms with van der Waals surface area (Å²) in [6, 6.07) is 7.51. The van der Waals surface area contributed by atoms with E-state index in [4.69, 9.17) is 11.6 Å². The van der Waals surface area contributed by atoms with Gasteiger partial charge in [0.25, 0.3) is 5.69 Å². The smallest absolute Gasteiger partial charge is 0.270 e. The fourth-order valence-corrected chi connectivity index (χ4v) is 3.32. The van der Waals surface area contributed by atoms with Crippen LogP contribution in [0.3, 0.4) is 0 Å². The number of aromatic carboxylic acids is 1. The molecule has 0 aromatic heterocycles. The Morgan fingerprint density at radius 3 is 2.18 bits per heavy atom. The first-order chi connectivity index (χ1) is 10.2. The van der Waals surface area contributed by atoms with Crippen molar-refractivity contribution in [2.24, 2.45) is 0 Å². The van der Waals surface area contributed by atoms with E-state index in [1.165, 1.54) is 24.3 Å². The van der Waals surface area contributed by atoms with Gasteiger partial charge in [-0.15, -0.1) is 0 Å². The first-order valence-corrected chi connectivity index (χ1v) is 7.60. The van der Waals surface area contributed by atoms with Crippen LogP contribution in [-0.4, -0.2) is 19.3 Å². The fourth-order valence-electron chi connectivity index (χ4n) is 1.77. The van der Waals surface area contributed by atoms with Crippen molar-refractivity contribution in [1.29, 1.82) is 0 Å². The maximum Gasteiger partial charge on any atom is 0.270 e. The molecule has 2 aromatic carbocycles. The standard InChI is InChI=1S/C13H8ClNO6S/c14-8-1-4-10(5-2-8)22(20,21)12-6-3-9(15(18)19)7-11(12)13(16)17/h1-7H,(H,16,17)/p-1. The van der Waals surface area contributed by atoms with Crippen LogP contribution in [0.15, 0.2) is 52.3 Å². The highest BCUT2D eigenvalue weighted by molar-refractivity contribution is 7.91. The zero-order valence-corrected chi connectivity index (χ0v) is 12.3. The fraction of sp³-hybridized carbons (Fsp3) is 0. The van der Waals surface area contributed by atoms with E-state index in [0.29, 0.717) is 11.1 Å². The third-order valence-electron chi connectivity index (χ3n) is 2.81. The van der Waals surface area contributed by atoms with E-state index >= 15 is 0 Å². The highest BCUT2D eigenvalue weighted by atomic mass is 35.5. The van der Waals surface area contributed by atoms with Gasteiger partial charge in [-0.3, -0.25) is 10.1 Å². The average Bonchev–Trinajstić information content (AvgIpc) is 2.46. The summed E-state index contributed by atoms with van der Waals surface area (Å²) in [5.74, 6) is -1.82. The Hall–Kier alpha value is -2.45. The van der Waals surface area contributed by atoms with Crippen molar-refractivity contribution in [1.82, 2.24) is 0 Å². The molecule has 0 unspecified atom stereocenters. The Morgan fingerprint density at radius 1 is 1.09 bits per heavy atom. The van der Waals surface area contributed by atoms with Gasteiger partial charge in [-0.2, -0.15) is 0 Å². The lowest BCUT2D eigenvalue weighted by molar-refractivity contribution is -0.385. The Labute approximate surface area is 129 Å². The van der Waals surface area contributed by atoms with Crippen LogP contribution in [0.1, 0.15) is 10.4 Å². The highest BCUT2D eigenvalue weighted by Gasteiger charge is 2.24. The number of benzene rings is 2. The van der Waals surface area contributed by atoms with Gasteiger partial charge in [-0.05, 0) is 30.3 Å². The molecule has 2 aromatic rings. The number of carbonyl (C=O) groups is 1. The largest absolute Gasteiger partial charge is 0.545 e. The number of carboxylic acid groups (broad SMARTS) is 1. The van der Waals surface area contributed by atoms with Crippen LogP contribution < -0.4 is 5.11 Å². The van der Waals surface area contributed by atoms with Crippen LogP contribution >= 0.6 is 11.6 Å². The van der Waals surface area contributed by atoms with Crippen molar-refractivity contribution >= 4 is 33.1 Å². The summed E-state index contributed by atoms with van der Waals surface area (Å²) in [6.45, 7) is 0. The molecule has 0 saturated carbocycles. The molecule has 2 rings (SSSR count). The quantitative estimate of drug-likeness (QED) is 0.614. The summed E-state index contributed by atoms with van der Waals surface area (Å²) >= 11 is 5.67. The van der Waals surface area contributed by atoms with Gasteiger partial charge in [0.15, 0.2) is 0 Å². The molecular formula is C13H7ClNO6S-. The minimum atomic E-state index is -4.18. The zero-order chi connectivity index (χ0) is 16.5. The SMILES string of the molecule is O=C([O-])c1cc([N+](=O)[O-])ccc1S(=O)(=O)c1ccc(Cl)cc1. The second-order valence-electron chi connectivity index (χ2n) is 4.18. The number of hydrogen-bond acceptors (Lipinski definition) is 6. The van der Waals surface area contributed by atoms with Crippen LogP contribution in [0.4, 0.5) is 5.69 Å². The third kappa shape index (κ3) is 2.92. The maximum absolute atomic E-state index is 12.4. The van der Waals surface area contributed by atoms with E-state index in [9.17, 15) is 28.4 Å². The van der Waals surface area contributed by atoms with E-state index in [1.807, 2.05) is 0 Å². The van der Waals surface area contributed by atoms with E-state index in [-0.39, 0.29) is 4.90 Å². The lowest BCUT2D eigenvalue weighted by Crippen LogP contribution is -2.25. The molecule has 0 saturated heterocycles. The molecule has 0 aliphatic carbocycles. The van der Waals surface area contributed by atoms with Crippen LogP contribution in [0.2, 0.25) is 5.02 Å². The van der Waals surface area contributed by atoms with Crippen molar-refractivity contribution in [3.63, 3.8) is 0 Å². The number of nitro benzene ring substituents is 1. The van der Waals surface area contributed by atoms with Gasteiger partial charge < -0.3 is 9.90 Å². The van der Waals surface area contributed by atoms with Crippen LogP contribution in [0, 0.1) is 10.1 Å². The number of hydrogen-bond donors (Lipinski definition) is 0. The summed E-state index contributed by atoms with van der Waals surface area (Å²) in [5, 5.41) is 22.1. The van der Waals surface area contributed by atoms with Crippen LogP contribution in [-0.2, 0) is 9.84 Å². The Morgan fingerprint density at radius 2 is 1.68 bits per heavy atom. The summed E-state index contributed by atoms with van der Waals surface area (Å²) in [6.07, 6.45) is 0. The number of nitrogens with zero attached hydrogens (tertiary/aromatic N) is 1. The Balaban J connectivity index is 2.67. The van der Waals surface area contributed by atoms with Gasteiger partial charge in [0.2, 0.25) is 9.84 Å². The number of halogens is 1.